The fourth-order valence-corrected chi connectivity index (χ4v) is 8.13. The molecule has 0 aromatic carbocycles. The van der Waals surface area contributed by atoms with Crippen LogP contribution in [0.5, 0.6) is 0 Å². The summed E-state index contributed by atoms with van der Waals surface area (Å²) in [6.45, 7) is 5.75. The van der Waals surface area contributed by atoms with Gasteiger partial charge in [-0.3, -0.25) is 14.4 Å². The summed E-state index contributed by atoms with van der Waals surface area (Å²) in [4.78, 5) is 51.1. The standard InChI is InChI=1S/C63H102O12/c1-4-7-10-13-16-19-22-25-26-27-28-29-30-33-36-39-42-45-48-51-57(66)74-61-59(68)58(67)60(62(69)70)75-63(61)72-53-54(73-56(65)50-47-44-41-38-35-32-24-21-18-15-12-9-6-3)52-71-55(64)49-46-43-40-37-34-31-23-20-17-14-11-8-5-2/h7,10-11,14,16,19-21,23-26,28-29,33,36,54,58-61,63,67-68H,4-6,8-9,12-13,15,17-18,22,27,30-32,34-35,37-53H2,1-3H3,(H,69,70)/b10-7-,14-11-,19-16-,23-20-,24-21-,26-25-,29-28-,36-33-. The number of hydrogen-bond donors (Lipinski definition) is 3. The van der Waals surface area contributed by atoms with E-state index in [1.54, 1.807) is 0 Å². The average Bonchev–Trinajstić information content (AvgIpc) is 3.39. The van der Waals surface area contributed by atoms with Gasteiger partial charge in [0.1, 0.15) is 18.8 Å². The molecule has 1 aliphatic heterocycles. The molecule has 0 aliphatic carbocycles. The van der Waals surface area contributed by atoms with Crippen LogP contribution in [0.3, 0.4) is 0 Å². The normalized spacial score (nSPS) is 18.9. The highest BCUT2D eigenvalue weighted by molar-refractivity contribution is 5.74. The maximum absolute atomic E-state index is 13.1. The van der Waals surface area contributed by atoms with E-state index in [1.165, 1.54) is 25.7 Å². The molecular weight excluding hydrogens is 949 g/mol. The molecule has 6 atom stereocenters. The van der Waals surface area contributed by atoms with Crippen molar-refractivity contribution in [2.75, 3.05) is 13.2 Å². The third-order valence-corrected chi connectivity index (χ3v) is 12.6. The molecule has 0 bridgehead atoms. The fraction of sp³-hybridized carbons (Fsp3) is 0.683. The molecule has 1 heterocycles. The highest BCUT2D eigenvalue weighted by Gasteiger charge is 2.50. The fourth-order valence-electron chi connectivity index (χ4n) is 8.13. The van der Waals surface area contributed by atoms with Crippen LogP contribution in [0.1, 0.15) is 226 Å². The lowest BCUT2D eigenvalue weighted by Crippen LogP contribution is -2.61. The molecule has 426 valence electrons. The summed E-state index contributed by atoms with van der Waals surface area (Å²) in [5, 5.41) is 31.5. The van der Waals surface area contributed by atoms with E-state index < -0.39 is 67.3 Å². The SMILES string of the molecule is CC/C=C\C/C=C\C/C=C\C/C=C\C/C=C\CCCCCC(=O)OC1C(OCC(COC(=O)CCCCCCC/C=C\C/C=C\CCC)OC(=O)CCCCCCC/C=C\CCCCCC)OC(C(=O)O)C(O)C1O. The van der Waals surface area contributed by atoms with Crippen molar-refractivity contribution >= 4 is 23.9 Å². The number of rotatable bonds is 48. The molecule has 1 rings (SSSR count). The molecule has 3 N–H and O–H groups in total. The molecule has 0 aromatic rings. The van der Waals surface area contributed by atoms with E-state index in [9.17, 15) is 34.5 Å². The van der Waals surface area contributed by atoms with Crippen LogP contribution < -0.4 is 0 Å². The number of aliphatic carboxylic acids is 1. The summed E-state index contributed by atoms with van der Waals surface area (Å²) < 4.78 is 28.3. The average molecular weight is 1050 g/mol. The van der Waals surface area contributed by atoms with Crippen molar-refractivity contribution in [3.05, 3.63) is 97.2 Å². The zero-order valence-electron chi connectivity index (χ0n) is 46.8. The van der Waals surface area contributed by atoms with Gasteiger partial charge in [0, 0.05) is 19.3 Å². The largest absolute Gasteiger partial charge is 0.479 e. The van der Waals surface area contributed by atoms with Gasteiger partial charge >= 0.3 is 23.9 Å². The zero-order valence-corrected chi connectivity index (χ0v) is 46.8. The van der Waals surface area contributed by atoms with Crippen molar-refractivity contribution in [2.24, 2.45) is 0 Å². The lowest BCUT2D eigenvalue weighted by atomic mass is 9.98. The number of esters is 3. The number of hydrogen-bond acceptors (Lipinski definition) is 11. The highest BCUT2D eigenvalue weighted by atomic mass is 16.7. The van der Waals surface area contributed by atoms with Gasteiger partial charge in [-0.1, -0.05) is 189 Å². The first-order chi connectivity index (χ1) is 36.6. The molecule has 0 saturated carbocycles. The van der Waals surface area contributed by atoms with Gasteiger partial charge in [-0.25, -0.2) is 4.79 Å². The predicted octanol–water partition coefficient (Wildman–Crippen LogP) is 14.9. The number of carboxylic acid groups (broad SMARTS) is 1. The number of ether oxygens (including phenoxy) is 5. The molecule has 0 aromatic heterocycles. The van der Waals surface area contributed by atoms with Crippen LogP contribution in [0.2, 0.25) is 0 Å². The lowest BCUT2D eigenvalue weighted by Gasteiger charge is -2.40. The lowest BCUT2D eigenvalue weighted by molar-refractivity contribution is -0.301. The summed E-state index contributed by atoms with van der Waals surface area (Å²) in [6, 6.07) is 0. The topological polar surface area (TPSA) is 175 Å². The van der Waals surface area contributed by atoms with Gasteiger partial charge in [0.25, 0.3) is 0 Å². The second kappa shape index (κ2) is 50.5. The van der Waals surface area contributed by atoms with E-state index >= 15 is 0 Å². The van der Waals surface area contributed by atoms with E-state index in [0.29, 0.717) is 19.3 Å². The maximum atomic E-state index is 13.1. The second-order valence-electron chi connectivity index (χ2n) is 19.5. The van der Waals surface area contributed by atoms with Crippen LogP contribution >= 0.6 is 0 Å². The number of carbonyl (C=O) groups is 4. The Labute approximate surface area is 453 Å². The Morgan fingerprint density at radius 3 is 1.36 bits per heavy atom. The van der Waals surface area contributed by atoms with Crippen LogP contribution in [0.4, 0.5) is 0 Å². The van der Waals surface area contributed by atoms with E-state index in [2.05, 4.69) is 118 Å². The summed E-state index contributed by atoms with van der Waals surface area (Å²) in [7, 11) is 0. The number of carbonyl (C=O) groups excluding carboxylic acids is 3. The van der Waals surface area contributed by atoms with E-state index in [4.69, 9.17) is 23.7 Å². The van der Waals surface area contributed by atoms with Crippen LogP contribution in [-0.2, 0) is 42.9 Å². The minimum absolute atomic E-state index is 0.0150. The smallest absolute Gasteiger partial charge is 0.335 e. The highest BCUT2D eigenvalue weighted by Crippen LogP contribution is 2.26. The number of aliphatic hydroxyl groups excluding tert-OH is 2. The van der Waals surface area contributed by atoms with Crippen LogP contribution in [-0.4, -0.2) is 89.2 Å². The maximum Gasteiger partial charge on any atom is 0.335 e. The Morgan fingerprint density at radius 2 is 0.867 bits per heavy atom. The van der Waals surface area contributed by atoms with Gasteiger partial charge in [0.2, 0.25) is 0 Å². The third-order valence-electron chi connectivity index (χ3n) is 12.6. The van der Waals surface area contributed by atoms with Crippen LogP contribution in [0.25, 0.3) is 0 Å². The Bertz CT molecular complexity index is 1670. The first-order valence-electron chi connectivity index (χ1n) is 29.2. The molecule has 1 aliphatic rings. The molecular formula is C63H102O12. The number of aliphatic hydroxyl groups is 2. The van der Waals surface area contributed by atoms with Crippen molar-refractivity contribution in [1.29, 1.82) is 0 Å². The number of unbranched alkanes of at least 4 members (excludes halogenated alkanes) is 18. The number of allylic oxidation sites excluding steroid dienone is 16. The molecule has 12 nitrogen and oxygen atoms in total. The first kappa shape index (κ1) is 68.7. The molecule has 75 heavy (non-hydrogen) atoms. The van der Waals surface area contributed by atoms with E-state index in [-0.39, 0.29) is 25.9 Å². The Hall–Kier alpha value is -4.36. The van der Waals surface area contributed by atoms with Crippen molar-refractivity contribution in [3.63, 3.8) is 0 Å². The van der Waals surface area contributed by atoms with Crippen LogP contribution in [0, 0.1) is 0 Å². The van der Waals surface area contributed by atoms with Gasteiger partial charge in [0.15, 0.2) is 24.6 Å². The Morgan fingerprint density at radius 1 is 0.453 bits per heavy atom. The van der Waals surface area contributed by atoms with Crippen LogP contribution in [0.15, 0.2) is 97.2 Å². The van der Waals surface area contributed by atoms with Crippen molar-refractivity contribution in [2.45, 2.75) is 263 Å². The molecule has 0 amide bonds. The third kappa shape index (κ3) is 40.6. The molecule has 1 saturated heterocycles. The first-order valence-corrected chi connectivity index (χ1v) is 29.2. The molecule has 0 radical (unpaired) electrons. The minimum atomic E-state index is -1.92. The predicted molar refractivity (Wildman–Crippen MR) is 303 cm³/mol. The monoisotopic (exact) mass is 1050 g/mol. The Balaban J connectivity index is 2.72. The molecule has 0 spiro atoms. The van der Waals surface area contributed by atoms with E-state index in [0.717, 1.165) is 141 Å². The summed E-state index contributed by atoms with van der Waals surface area (Å²) in [5.74, 6) is -3.20. The van der Waals surface area contributed by atoms with Crippen molar-refractivity contribution < 1.29 is 58.2 Å². The zero-order chi connectivity index (χ0) is 54.7. The molecule has 12 heteroatoms. The van der Waals surface area contributed by atoms with Gasteiger partial charge in [-0.15, -0.1) is 0 Å². The van der Waals surface area contributed by atoms with Gasteiger partial charge in [-0.05, 0) is 116 Å². The number of carboxylic acids is 1. The second-order valence-corrected chi connectivity index (χ2v) is 19.5. The van der Waals surface area contributed by atoms with E-state index in [1.807, 2.05) is 0 Å². The van der Waals surface area contributed by atoms with Crippen molar-refractivity contribution in [3.8, 4) is 0 Å². The molecule has 6 unspecified atom stereocenters. The summed E-state index contributed by atoms with van der Waals surface area (Å²) >= 11 is 0. The minimum Gasteiger partial charge on any atom is -0.479 e. The van der Waals surface area contributed by atoms with Gasteiger partial charge in [-0.2, -0.15) is 0 Å². The van der Waals surface area contributed by atoms with Gasteiger partial charge < -0.3 is 39.0 Å². The Kier molecular flexibility index (Phi) is 46.2. The molecule has 1 fully saturated rings. The summed E-state index contributed by atoms with van der Waals surface area (Å²) in [6.07, 6.45) is 53.7. The summed E-state index contributed by atoms with van der Waals surface area (Å²) in [5.41, 5.74) is 0. The van der Waals surface area contributed by atoms with Gasteiger partial charge in [0.05, 0.1) is 6.61 Å². The quantitative estimate of drug-likeness (QED) is 0.0228. The van der Waals surface area contributed by atoms with Crippen molar-refractivity contribution in [1.82, 2.24) is 0 Å².